The van der Waals surface area contributed by atoms with Crippen LogP contribution >= 0.6 is 10.8 Å². The third-order valence-corrected chi connectivity index (χ3v) is 9.49. The van der Waals surface area contributed by atoms with Crippen molar-refractivity contribution in [1.29, 1.82) is 0 Å². The Kier molecular flexibility index (Phi) is 6.64. The number of fused-ring (bicyclic) bond motifs is 2. The first kappa shape index (κ1) is 26.5. The lowest BCUT2D eigenvalue weighted by Gasteiger charge is -2.38. The lowest BCUT2D eigenvalue weighted by Crippen LogP contribution is -2.27. The summed E-state index contributed by atoms with van der Waals surface area (Å²) in [6, 6.07) is 10.5. The maximum Gasteiger partial charge on any atom is 0.269 e. The average molecular weight is 569 g/mol. The summed E-state index contributed by atoms with van der Waals surface area (Å²) >= 11 is 0. The van der Waals surface area contributed by atoms with Gasteiger partial charge in [-0.2, -0.15) is 5.10 Å². The largest absolute Gasteiger partial charge is 0.354 e. The molecule has 40 heavy (non-hydrogen) atoms. The Hall–Kier alpha value is -3.74. The van der Waals surface area contributed by atoms with Gasteiger partial charge in [-0.05, 0) is 72.2 Å². The second-order valence-electron chi connectivity index (χ2n) is 10.1. The number of alkyl halides is 2. The summed E-state index contributed by atoms with van der Waals surface area (Å²) in [4.78, 5) is 19.4. The van der Waals surface area contributed by atoms with Gasteiger partial charge in [0.1, 0.15) is 11.5 Å². The van der Waals surface area contributed by atoms with Crippen molar-refractivity contribution >= 4 is 44.6 Å². The van der Waals surface area contributed by atoms with Gasteiger partial charge in [0, 0.05) is 55.6 Å². The number of aryl methyl sites for hydroxylation is 2. The number of pyridine rings is 1. The lowest BCUT2D eigenvalue weighted by molar-refractivity contribution is 0.0958. The number of carbonyl (C=O) groups is 1. The Labute approximate surface area is 231 Å². The summed E-state index contributed by atoms with van der Waals surface area (Å²) in [5.41, 5.74) is 3.37. The predicted octanol–water partition coefficient (Wildman–Crippen LogP) is 5.89. The van der Waals surface area contributed by atoms with Crippen LogP contribution in [0.3, 0.4) is 0 Å². The fourth-order valence-corrected chi connectivity index (χ4v) is 7.26. The first-order valence-corrected chi connectivity index (χ1v) is 14.8. The minimum Gasteiger partial charge on any atom is -0.354 e. The second-order valence-corrected chi connectivity index (χ2v) is 12.2. The Morgan fingerprint density at radius 3 is 2.62 bits per heavy atom. The number of halogens is 2. The molecule has 2 aliphatic heterocycles. The molecular weight excluding hydrogens is 538 g/mol. The number of hydrogen-bond acceptors (Lipinski definition) is 7. The lowest BCUT2D eigenvalue weighted by atomic mass is 9.93. The number of aromatic nitrogens is 3. The summed E-state index contributed by atoms with van der Waals surface area (Å²) in [6.07, 6.45) is 2.77. The van der Waals surface area contributed by atoms with Gasteiger partial charge in [0.25, 0.3) is 12.3 Å². The first-order valence-electron chi connectivity index (χ1n) is 13.1. The number of anilines is 3. The van der Waals surface area contributed by atoms with Gasteiger partial charge in [-0.1, -0.05) is 0 Å². The molecule has 210 valence electrons. The van der Waals surface area contributed by atoms with Gasteiger partial charge in [-0.3, -0.25) is 22.9 Å². The highest BCUT2D eigenvalue weighted by molar-refractivity contribution is 8.25. The van der Waals surface area contributed by atoms with E-state index < -0.39 is 17.2 Å². The van der Waals surface area contributed by atoms with Crippen LogP contribution in [0.2, 0.25) is 0 Å². The molecule has 0 unspecified atom stereocenters. The van der Waals surface area contributed by atoms with E-state index in [2.05, 4.69) is 10.4 Å². The SMILES string of the molecule is CNC(=O)c1cc2cc(N3CCCS3(O)O)ccc2c(N2CCCc3cc(-c4cnn(C)c4)c(C(F)F)cc32)n1. The zero-order chi connectivity index (χ0) is 28.2. The molecule has 1 fully saturated rings. The fraction of sp³-hybridized carbons (Fsp3) is 0.321. The molecule has 3 N–H and O–H groups in total. The minimum absolute atomic E-state index is 0.0908. The van der Waals surface area contributed by atoms with Crippen molar-refractivity contribution in [1.82, 2.24) is 20.1 Å². The van der Waals surface area contributed by atoms with Crippen molar-refractivity contribution in [3.8, 4) is 11.1 Å². The van der Waals surface area contributed by atoms with Crippen molar-refractivity contribution in [2.75, 3.05) is 35.1 Å². The van der Waals surface area contributed by atoms with Crippen LogP contribution in [0.5, 0.6) is 0 Å². The maximum absolute atomic E-state index is 14.4. The van der Waals surface area contributed by atoms with Crippen LogP contribution in [0.25, 0.3) is 21.9 Å². The molecule has 2 aromatic heterocycles. The number of nitrogens with zero attached hydrogens (tertiary/aromatic N) is 5. The van der Waals surface area contributed by atoms with Crippen molar-refractivity contribution in [2.24, 2.45) is 7.05 Å². The van der Waals surface area contributed by atoms with E-state index in [0.717, 1.165) is 17.4 Å². The number of hydrogen-bond donors (Lipinski definition) is 3. The first-order chi connectivity index (χ1) is 19.2. The van der Waals surface area contributed by atoms with E-state index in [1.807, 2.05) is 29.2 Å². The minimum atomic E-state index is -2.90. The zero-order valence-electron chi connectivity index (χ0n) is 22.1. The Morgan fingerprint density at radius 1 is 1.12 bits per heavy atom. The molecule has 6 rings (SSSR count). The Bertz CT molecular complexity index is 1630. The molecule has 1 amide bonds. The summed E-state index contributed by atoms with van der Waals surface area (Å²) < 4.78 is 53.0. The summed E-state index contributed by atoms with van der Waals surface area (Å²) in [7, 11) is 0.374. The van der Waals surface area contributed by atoms with Crippen molar-refractivity contribution in [3.63, 3.8) is 0 Å². The average Bonchev–Trinajstić information content (AvgIpc) is 3.54. The molecule has 4 aromatic rings. The molecule has 0 aliphatic carbocycles. The van der Waals surface area contributed by atoms with Gasteiger partial charge in [0.15, 0.2) is 0 Å². The number of benzene rings is 2. The summed E-state index contributed by atoms with van der Waals surface area (Å²) in [5, 5.41) is 8.20. The van der Waals surface area contributed by atoms with Crippen LogP contribution < -0.4 is 14.5 Å². The van der Waals surface area contributed by atoms with Crippen LogP contribution in [-0.2, 0) is 13.5 Å². The third-order valence-electron chi connectivity index (χ3n) is 7.55. The normalized spacial score (nSPS) is 17.4. The zero-order valence-corrected chi connectivity index (χ0v) is 23.0. The third kappa shape index (κ3) is 4.55. The van der Waals surface area contributed by atoms with Crippen LogP contribution in [0.15, 0.2) is 48.8 Å². The van der Waals surface area contributed by atoms with E-state index in [4.69, 9.17) is 4.98 Å². The van der Waals surface area contributed by atoms with E-state index in [1.54, 1.807) is 34.5 Å². The molecule has 9 nitrogen and oxygen atoms in total. The molecule has 0 radical (unpaired) electrons. The van der Waals surface area contributed by atoms with Crippen LogP contribution in [0.1, 0.15) is 40.9 Å². The molecular formula is C28H30F2N6O3S. The van der Waals surface area contributed by atoms with Crippen molar-refractivity contribution in [3.05, 3.63) is 65.6 Å². The van der Waals surface area contributed by atoms with Gasteiger partial charge in [0.05, 0.1) is 17.6 Å². The topological polar surface area (TPSA) is 107 Å². The Morgan fingerprint density at radius 2 is 1.95 bits per heavy atom. The number of amides is 1. The van der Waals surface area contributed by atoms with E-state index in [9.17, 15) is 22.7 Å². The van der Waals surface area contributed by atoms with Gasteiger partial charge >= 0.3 is 0 Å². The van der Waals surface area contributed by atoms with Gasteiger partial charge in [-0.25, -0.2) is 13.8 Å². The quantitative estimate of drug-likeness (QED) is 0.276. The molecule has 1 saturated heterocycles. The molecule has 4 heterocycles. The summed E-state index contributed by atoms with van der Waals surface area (Å²) in [6.45, 7) is 1.05. The highest BCUT2D eigenvalue weighted by Crippen LogP contribution is 2.51. The highest BCUT2D eigenvalue weighted by atomic mass is 32.3. The molecule has 0 saturated carbocycles. The standard InChI is InChI=1S/C28H30F2N6O3S/c1-31-28(37)24-13-18-11-20(36-9-4-10-40(36,38)39)6-7-21(18)27(33-24)35-8-3-5-17-12-22(19-15-32-34(2)16-19)23(26(29)30)14-25(17)35/h6-7,11-16,26,38-39H,3-5,8-10H2,1-2H3,(H,31,37). The van der Waals surface area contributed by atoms with Gasteiger partial charge in [0.2, 0.25) is 0 Å². The molecule has 2 aromatic carbocycles. The second kappa shape index (κ2) is 10.0. The van der Waals surface area contributed by atoms with Crippen molar-refractivity contribution in [2.45, 2.75) is 25.7 Å². The maximum atomic E-state index is 14.4. The molecule has 12 heteroatoms. The number of carbonyl (C=O) groups excluding carboxylic acids is 1. The van der Waals surface area contributed by atoms with E-state index in [0.29, 0.717) is 65.4 Å². The number of rotatable bonds is 5. The molecule has 0 atom stereocenters. The van der Waals surface area contributed by atoms with Crippen LogP contribution in [0, 0.1) is 0 Å². The van der Waals surface area contributed by atoms with E-state index >= 15 is 0 Å². The van der Waals surface area contributed by atoms with E-state index in [-0.39, 0.29) is 17.2 Å². The number of nitrogens with one attached hydrogen (secondary N) is 1. The molecule has 0 bridgehead atoms. The van der Waals surface area contributed by atoms with Crippen LogP contribution in [0.4, 0.5) is 26.0 Å². The summed E-state index contributed by atoms with van der Waals surface area (Å²) in [5.74, 6) is 0.427. The molecule has 0 spiro atoms. The van der Waals surface area contributed by atoms with Gasteiger partial charge in [-0.15, -0.1) is 10.8 Å². The fourth-order valence-electron chi connectivity index (χ4n) is 5.65. The van der Waals surface area contributed by atoms with Crippen molar-refractivity contribution < 1.29 is 22.7 Å². The highest BCUT2D eigenvalue weighted by Gasteiger charge is 2.30. The van der Waals surface area contributed by atoms with Crippen LogP contribution in [-0.4, -0.2) is 55.7 Å². The van der Waals surface area contributed by atoms with Gasteiger partial charge < -0.3 is 10.2 Å². The Balaban J connectivity index is 1.52. The van der Waals surface area contributed by atoms with E-state index in [1.165, 1.54) is 13.1 Å². The smallest absolute Gasteiger partial charge is 0.269 e. The predicted molar refractivity (Wildman–Crippen MR) is 154 cm³/mol. The molecule has 2 aliphatic rings. The monoisotopic (exact) mass is 568 g/mol.